The van der Waals surface area contributed by atoms with Gasteiger partial charge in [0.15, 0.2) is 0 Å². The van der Waals surface area contributed by atoms with Crippen molar-refractivity contribution in [2.75, 3.05) is 0 Å². The average molecular weight is 510 g/mol. The zero-order valence-corrected chi connectivity index (χ0v) is 22.5. The summed E-state index contributed by atoms with van der Waals surface area (Å²) < 4.78 is 2.18. The predicted molar refractivity (Wildman–Crippen MR) is 179 cm³/mol. The Morgan fingerprint density at radius 2 is 0.951 bits per heavy atom. The first-order valence-corrected chi connectivity index (χ1v) is 13.4. The lowest BCUT2D eigenvalue weighted by Crippen LogP contribution is -2.55. The van der Waals surface area contributed by atoms with Gasteiger partial charge in [-0.25, -0.2) is 4.98 Å². The SMILES string of the molecule is [B]c1c([B])c([B])c(-c2c3ccccc3c(-c3ccc(-n4c(C)nc5ccccc54)cc3)c3ccccc23)c([B])c1[B]. The number of imidazole rings is 1. The number of nitrogens with zero attached hydrogens (tertiary/aromatic N) is 2. The van der Waals surface area contributed by atoms with E-state index < -0.39 is 0 Å². The summed E-state index contributed by atoms with van der Waals surface area (Å²) >= 11 is 0. The largest absolute Gasteiger partial charge is 0.297 e. The van der Waals surface area contributed by atoms with Gasteiger partial charge in [0, 0.05) is 5.69 Å². The van der Waals surface area contributed by atoms with E-state index in [0.29, 0.717) is 16.5 Å². The first kappa shape index (κ1) is 25.6. The summed E-state index contributed by atoms with van der Waals surface area (Å²) in [6, 6.07) is 33.3. The van der Waals surface area contributed by atoms with Crippen LogP contribution in [0.2, 0.25) is 0 Å². The molecule has 10 radical (unpaired) electrons. The smallest absolute Gasteiger partial charge is 0.113 e. The number of aryl methyl sites for hydroxylation is 1. The monoisotopic (exact) mass is 510 g/mol. The Morgan fingerprint density at radius 3 is 1.51 bits per heavy atom. The lowest BCUT2D eigenvalue weighted by Gasteiger charge is -2.25. The molecule has 0 bridgehead atoms. The molecule has 180 valence electrons. The van der Waals surface area contributed by atoms with Crippen LogP contribution < -0.4 is 27.3 Å². The quantitative estimate of drug-likeness (QED) is 0.265. The summed E-state index contributed by atoms with van der Waals surface area (Å²) in [5.41, 5.74) is 8.13. The zero-order chi connectivity index (χ0) is 28.4. The standard InChI is InChI=1S/C34H19B5N2/c1-18-40-25-12-6-7-13-26(25)41(18)20-16-14-19(15-17-20)27-21-8-2-4-10-23(21)28(24-11-5-3-9-22(24)27)29-30(35)32(37)34(39)33(38)31(29)36/h2-17H,1H3. The predicted octanol–water partition coefficient (Wildman–Crippen LogP) is 2.94. The van der Waals surface area contributed by atoms with Gasteiger partial charge in [0.25, 0.3) is 0 Å². The number of para-hydroxylation sites is 2. The van der Waals surface area contributed by atoms with Crippen LogP contribution in [0.25, 0.3) is 60.5 Å². The van der Waals surface area contributed by atoms with E-state index in [1.807, 2.05) is 49.4 Å². The first-order chi connectivity index (χ1) is 19.9. The Kier molecular flexibility index (Phi) is 6.01. The summed E-state index contributed by atoms with van der Waals surface area (Å²) in [6.07, 6.45) is 0. The Labute approximate surface area is 245 Å². The van der Waals surface area contributed by atoms with Crippen molar-refractivity contribution >= 4 is 99.1 Å². The van der Waals surface area contributed by atoms with E-state index >= 15 is 0 Å². The zero-order valence-electron chi connectivity index (χ0n) is 22.5. The third kappa shape index (κ3) is 3.83. The Bertz CT molecular complexity index is 2080. The molecule has 0 fully saturated rings. The van der Waals surface area contributed by atoms with Crippen LogP contribution in [0.1, 0.15) is 5.82 Å². The van der Waals surface area contributed by atoms with Crippen LogP contribution in [-0.2, 0) is 0 Å². The molecule has 0 saturated heterocycles. The van der Waals surface area contributed by atoms with Gasteiger partial charge in [-0.2, -0.15) is 0 Å². The highest BCUT2D eigenvalue weighted by Gasteiger charge is 2.20. The van der Waals surface area contributed by atoms with Crippen molar-refractivity contribution in [3.05, 3.63) is 103 Å². The number of hydrogen-bond donors (Lipinski definition) is 0. The highest BCUT2D eigenvalue weighted by molar-refractivity contribution is 6.69. The Morgan fingerprint density at radius 1 is 0.488 bits per heavy atom. The number of hydrogen-bond acceptors (Lipinski definition) is 1. The topological polar surface area (TPSA) is 17.8 Å². The van der Waals surface area contributed by atoms with Crippen molar-refractivity contribution < 1.29 is 0 Å². The normalized spacial score (nSPS) is 11.5. The lowest BCUT2D eigenvalue weighted by molar-refractivity contribution is 1.00. The number of benzene rings is 6. The molecule has 0 aliphatic heterocycles. The molecule has 6 aromatic carbocycles. The van der Waals surface area contributed by atoms with Crippen molar-refractivity contribution in [3.8, 4) is 27.9 Å². The number of aromatic nitrogens is 2. The minimum Gasteiger partial charge on any atom is -0.297 e. The fourth-order valence-electron chi connectivity index (χ4n) is 6.08. The van der Waals surface area contributed by atoms with Gasteiger partial charge < -0.3 is 0 Å². The molecule has 0 aliphatic carbocycles. The van der Waals surface area contributed by atoms with Crippen molar-refractivity contribution in [1.82, 2.24) is 9.55 Å². The molecule has 0 unspecified atom stereocenters. The molecule has 0 atom stereocenters. The maximum Gasteiger partial charge on any atom is 0.113 e. The van der Waals surface area contributed by atoms with Gasteiger partial charge in [-0.05, 0) is 75.0 Å². The maximum absolute atomic E-state index is 6.58. The minimum atomic E-state index is 0.204. The molecular weight excluding hydrogens is 490 g/mol. The number of fused-ring (bicyclic) bond motifs is 3. The van der Waals surface area contributed by atoms with E-state index in [4.69, 9.17) is 44.2 Å². The summed E-state index contributed by atoms with van der Waals surface area (Å²) in [5, 5.41) is 4.10. The van der Waals surface area contributed by atoms with Crippen LogP contribution in [0.3, 0.4) is 0 Å². The highest BCUT2D eigenvalue weighted by Crippen LogP contribution is 2.42. The molecule has 41 heavy (non-hydrogen) atoms. The number of rotatable bonds is 3. The molecule has 0 aliphatic rings. The minimum absolute atomic E-state index is 0.204. The molecule has 0 spiro atoms. The molecule has 1 aromatic heterocycles. The second kappa shape index (κ2) is 9.63. The van der Waals surface area contributed by atoms with Gasteiger partial charge in [-0.15, -0.1) is 16.4 Å². The molecule has 7 rings (SSSR count). The molecule has 1 heterocycles. The maximum atomic E-state index is 6.58. The van der Waals surface area contributed by atoms with Crippen LogP contribution in [0.15, 0.2) is 97.1 Å². The second-order valence-electron chi connectivity index (χ2n) is 10.3. The van der Waals surface area contributed by atoms with E-state index in [1.165, 1.54) is 0 Å². The molecule has 0 saturated carbocycles. The molecule has 7 heteroatoms. The second-order valence-corrected chi connectivity index (χ2v) is 10.3. The fraction of sp³-hybridized carbons (Fsp3) is 0.0294. The van der Waals surface area contributed by atoms with Crippen molar-refractivity contribution in [3.63, 3.8) is 0 Å². The first-order valence-electron chi connectivity index (χ1n) is 13.4. The third-order valence-corrected chi connectivity index (χ3v) is 8.02. The van der Waals surface area contributed by atoms with Crippen molar-refractivity contribution in [2.24, 2.45) is 0 Å². The van der Waals surface area contributed by atoms with Gasteiger partial charge in [0.05, 0.1) is 11.0 Å². The van der Waals surface area contributed by atoms with E-state index in [-0.39, 0.29) is 16.4 Å². The average Bonchev–Trinajstić information content (AvgIpc) is 3.34. The van der Waals surface area contributed by atoms with Gasteiger partial charge >= 0.3 is 0 Å². The van der Waals surface area contributed by atoms with E-state index in [1.54, 1.807) is 0 Å². The summed E-state index contributed by atoms with van der Waals surface area (Å²) in [4.78, 5) is 4.74. The Balaban J connectivity index is 1.51. The van der Waals surface area contributed by atoms with Crippen LogP contribution in [-0.4, -0.2) is 48.8 Å². The van der Waals surface area contributed by atoms with E-state index in [0.717, 1.165) is 60.8 Å². The van der Waals surface area contributed by atoms with Gasteiger partial charge in [-0.3, -0.25) is 4.57 Å². The van der Waals surface area contributed by atoms with Crippen LogP contribution in [0.4, 0.5) is 0 Å². The van der Waals surface area contributed by atoms with E-state index in [2.05, 4.69) is 59.2 Å². The van der Waals surface area contributed by atoms with Crippen LogP contribution in [0.5, 0.6) is 0 Å². The van der Waals surface area contributed by atoms with Crippen molar-refractivity contribution in [2.45, 2.75) is 6.92 Å². The lowest BCUT2D eigenvalue weighted by atomic mass is 9.59. The molecular formula is C34H19B5N2. The van der Waals surface area contributed by atoms with Gasteiger partial charge in [-0.1, -0.05) is 83.7 Å². The van der Waals surface area contributed by atoms with Crippen LogP contribution >= 0.6 is 0 Å². The van der Waals surface area contributed by atoms with E-state index in [9.17, 15) is 0 Å². The molecule has 0 amide bonds. The van der Waals surface area contributed by atoms with Crippen molar-refractivity contribution in [1.29, 1.82) is 0 Å². The van der Waals surface area contributed by atoms with Gasteiger partial charge in [0.1, 0.15) is 45.1 Å². The summed E-state index contributed by atoms with van der Waals surface area (Å²) in [6.45, 7) is 2.03. The van der Waals surface area contributed by atoms with Gasteiger partial charge in [0.2, 0.25) is 0 Å². The molecule has 2 nitrogen and oxygen atoms in total. The molecule has 0 N–H and O–H groups in total. The highest BCUT2D eigenvalue weighted by atomic mass is 15.1. The fourth-order valence-corrected chi connectivity index (χ4v) is 6.08. The summed E-state index contributed by atoms with van der Waals surface area (Å²) in [7, 11) is 31.9. The molecule has 7 aromatic rings. The third-order valence-electron chi connectivity index (χ3n) is 8.02. The van der Waals surface area contributed by atoms with Crippen LogP contribution in [0, 0.1) is 6.92 Å². The summed E-state index contributed by atoms with van der Waals surface area (Å²) in [5.74, 6) is 0.941. The Hall–Kier alpha value is -4.37.